The van der Waals surface area contributed by atoms with Crippen molar-refractivity contribution in [1.82, 2.24) is 5.32 Å². The summed E-state index contributed by atoms with van der Waals surface area (Å²) in [7, 11) is 0. The zero-order chi connectivity index (χ0) is 13.2. The lowest BCUT2D eigenvalue weighted by molar-refractivity contribution is -0.146. The molecule has 0 saturated heterocycles. The van der Waals surface area contributed by atoms with Gasteiger partial charge in [-0.15, -0.1) is 0 Å². The molecule has 0 bridgehead atoms. The van der Waals surface area contributed by atoms with Crippen LogP contribution < -0.4 is 5.32 Å². The van der Waals surface area contributed by atoms with Gasteiger partial charge in [0.15, 0.2) is 0 Å². The summed E-state index contributed by atoms with van der Waals surface area (Å²) in [4.78, 5) is 22.7. The Bertz CT molecular complexity index is 312. The molecule has 0 aromatic rings. The summed E-state index contributed by atoms with van der Waals surface area (Å²) < 4.78 is 0. The average Bonchev–Trinajstić information content (AvgIpc) is 2.55. The molecule has 3 unspecified atom stereocenters. The van der Waals surface area contributed by atoms with E-state index in [-0.39, 0.29) is 11.9 Å². The highest BCUT2D eigenvalue weighted by Gasteiger charge is 2.33. The lowest BCUT2D eigenvalue weighted by Gasteiger charge is -2.21. The Labute approximate surface area is 103 Å². The monoisotopic (exact) mass is 241 g/mol. The molecule has 0 aromatic heterocycles. The quantitative estimate of drug-likeness (QED) is 0.791. The molecule has 1 saturated carbocycles. The summed E-state index contributed by atoms with van der Waals surface area (Å²) in [5, 5.41) is 11.8. The van der Waals surface area contributed by atoms with E-state index in [1.165, 1.54) is 0 Å². The zero-order valence-corrected chi connectivity index (χ0v) is 11.1. The van der Waals surface area contributed by atoms with Crippen LogP contribution in [0.1, 0.15) is 47.0 Å². The molecule has 1 rings (SSSR count). The van der Waals surface area contributed by atoms with Crippen molar-refractivity contribution in [3.63, 3.8) is 0 Å². The summed E-state index contributed by atoms with van der Waals surface area (Å²) in [5.41, 5.74) is 0.291. The van der Waals surface area contributed by atoms with E-state index < -0.39 is 17.8 Å². The number of nitrogens with one attached hydrogen (secondary N) is 1. The average molecular weight is 241 g/mol. The molecule has 17 heavy (non-hydrogen) atoms. The molecular weight excluding hydrogens is 218 g/mol. The van der Waals surface area contributed by atoms with Crippen LogP contribution in [-0.4, -0.2) is 23.0 Å². The van der Waals surface area contributed by atoms with Crippen LogP contribution >= 0.6 is 0 Å². The third-order valence-corrected chi connectivity index (χ3v) is 3.87. The largest absolute Gasteiger partial charge is 0.481 e. The molecule has 0 aromatic carbocycles. The van der Waals surface area contributed by atoms with E-state index in [1.54, 1.807) is 13.8 Å². The number of carboxylic acid groups (broad SMARTS) is 1. The maximum atomic E-state index is 11.9. The van der Waals surface area contributed by atoms with Crippen molar-refractivity contribution in [3.05, 3.63) is 0 Å². The Hall–Kier alpha value is -1.06. The highest BCUT2D eigenvalue weighted by atomic mass is 16.4. The topological polar surface area (TPSA) is 66.4 Å². The van der Waals surface area contributed by atoms with Crippen molar-refractivity contribution in [2.45, 2.75) is 53.0 Å². The number of carbonyl (C=O) groups is 2. The molecule has 0 heterocycles. The molecule has 2 N–H and O–H groups in total. The van der Waals surface area contributed by atoms with Crippen LogP contribution in [0, 0.1) is 17.3 Å². The zero-order valence-electron chi connectivity index (χ0n) is 11.1. The van der Waals surface area contributed by atoms with E-state index in [9.17, 15) is 9.59 Å². The second-order valence-corrected chi connectivity index (χ2v) is 6.03. The molecule has 0 aliphatic heterocycles. The van der Waals surface area contributed by atoms with Crippen molar-refractivity contribution in [1.29, 1.82) is 0 Å². The Morgan fingerprint density at radius 3 is 2.29 bits per heavy atom. The Balaban J connectivity index is 2.47. The molecule has 98 valence electrons. The number of rotatable bonds is 4. The second-order valence-electron chi connectivity index (χ2n) is 6.03. The second kappa shape index (κ2) is 5.07. The minimum Gasteiger partial charge on any atom is -0.481 e. The first-order valence-electron chi connectivity index (χ1n) is 6.26. The Morgan fingerprint density at radius 1 is 1.29 bits per heavy atom. The number of hydrogen-bond donors (Lipinski definition) is 2. The minimum absolute atomic E-state index is 0.136. The number of carboxylic acids is 1. The maximum Gasteiger partial charge on any atom is 0.307 e. The van der Waals surface area contributed by atoms with Gasteiger partial charge in [-0.1, -0.05) is 27.7 Å². The fourth-order valence-electron chi connectivity index (χ4n) is 2.33. The molecule has 1 amide bonds. The highest BCUT2D eigenvalue weighted by molar-refractivity contribution is 5.84. The molecule has 1 aliphatic carbocycles. The maximum absolute atomic E-state index is 11.9. The van der Waals surface area contributed by atoms with Gasteiger partial charge >= 0.3 is 5.97 Å². The van der Waals surface area contributed by atoms with Gasteiger partial charge < -0.3 is 10.4 Å². The van der Waals surface area contributed by atoms with Gasteiger partial charge in [0.2, 0.25) is 5.91 Å². The van der Waals surface area contributed by atoms with Crippen LogP contribution in [0.5, 0.6) is 0 Å². The van der Waals surface area contributed by atoms with Crippen molar-refractivity contribution in [3.8, 4) is 0 Å². The fraction of sp³-hybridized carbons (Fsp3) is 0.846. The van der Waals surface area contributed by atoms with Crippen LogP contribution in [0.3, 0.4) is 0 Å². The van der Waals surface area contributed by atoms with E-state index in [4.69, 9.17) is 5.11 Å². The van der Waals surface area contributed by atoms with Gasteiger partial charge in [0, 0.05) is 12.0 Å². The molecule has 4 heteroatoms. The molecule has 0 spiro atoms. The Morgan fingerprint density at radius 2 is 1.88 bits per heavy atom. The first-order chi connectivity index (χ1) is 7.73. The summed E-state index contributed by atoms with van der Waals surface area (Å²) in [5.74, 6) is -2.16. The van der Waals surface area contributed by atoms with Crippen LogP contribution in [0.15, 0.2) is 0 Å². The standard InChI is InChI=1S/C13H23NO3/c1-8(9(2)12(16)17)11(15)14-10-5-6-13(3,4)7-10/h8-10H,5-7H2,1-4H3,(H,14,15)(H,16,17). The van der Waals surface area contributed by atoms with Gasteiger partial charge in [-0.05, 0) is 24.7 Å². The third kappa shape index (κ3) is 3.72. The number of carbonyl (C=O) groups excluding carboxylic acids is 1. The molecule has 4 nitrogen and oxygen atoms in total. The minimum atomic E-state index is -0.917. The molecule has 3 atom stereocenters. The molecule has 1 fully saturated rings. The summed E-state index contributed by atoms with van der Waals surface area (Å²) in [6, 6.07) is 0.209. The normalized spacial score (nSPS) is 26.2. The van der Waals surface area contributed by atoms with Crippen LogP contribution in [-0.2, 0) is 9.59 Å². The van der Waals surface area contributed by atoms with E-state index in [1.807, 2.05) is 0 Å². The summed E-state index contributed by atoms with van der Waals surface area (Å²) in [6.45, 7) is 7.64. The number of hydrogen-bond acceptors (Lipinski definition) is 2. The fourth-order valence-corrected chi connectivity index (χ4v) is 2.33. The lowest BCUT2D eigenvalue weighted by atomic mass is 9.91. The predicted molar refractivity (Wildman–Crippen MR) is 65.5 cm³/mol. The van der Waals surface area contributed by atoms with Crippen LogP contribution in [0.25, 0.3) is 0 Å². The van der Waals surface area contributed by atoms with Gasteiger partial charge in [0.25, 0.3) is 0 Å². The van der Waals surface area contributed by atoms with Crippen LogP contribution in [0.2, 0.25) is 0 Å². The van der Waals surface area contributed by atoms with Gasteiger partial charge in [0.1, 0.15) is 0 Å². The Kier molecular flexibility index (Phi) is 4.17. The third-order valence-electron chi connectivity index (χ3n) is 3.87. The summed E-state index contributed by atoms with van der Waals surface area (Å²) >= 11 is 0. The van der Waals surface area contributed by atoms with E-state index in [0.717, 1.165) is 19.3 Å². The predicted octanol–water partition coefficient (Wildman–Crippen LogP) is 2.04. The van der Waals surface area contributed by atoms with Gasteiger partial charge in [-0.3, -0.25) is 9.59 Å². The number of amides is 1. The van der Waals surface area contributed by atoms with Crippen molar-refractivity contribution in [2.24, 2.45) is 17.3 Å². The molecular formula is C13H23NO3. The van der Waals surface area contributed by atoms with E-state index in [2.05, 4.69) is 19.2 Å². The lowest BCUT2D eigenvalue weighted by Crippen LogP contribution is -2.40. The van der Waals surface area contributed by atoms with Gasteiger partial charge in [-0.25, -0.2) is 0 Å². The van der Waals surface area contributed by atoms with Gasteiger partial charge in [-0.2, -0.15) is 0 Å². The van der Waals surface area contributed by atoms with Crippen molar-refractivity contribution >= 4 is 11.9 Å². The first-order valence-corrected chi connectivity index (χ1v) is 6.26. The molecule has 0 radical (unpaired) electrons. The SMILES string of the molecule is CC(C(=O)O)C(C)C(=O)NC1CCC(C)(C)C1. The van der Waals surface area contributed by atoms with Gasteiger partial charge in [0.05, 0.1) is 5.92 Å². The highest BCUT2D eigenvalue weighted by Crippen LogP contribution is 2.37. The van der Waals surface area contributed by atoms with Crippen molar-refractivity contribution < 1.29 is 14.7 Å². The van der Waals surface area contributed by atoms with Crippen LogP contribution in [0.4, 0.5) is 0 Å². The van der Waals surface area contributed by atoms with E-state index >= 15 is 0 Å². The van der Waals surface area contributed by atoms with E-state index in [0.29, 0.717) is 5.41 Å². The first kappa shape index (κ1) is 14.0. The number of aliphatic carboxylic acids is 1. The summed E-state index contributed by atoms with van der Waals surface area (Å²) in [6.07, 6.45) is 3.08. The van der Waals surface area contributed by atoms with Crippen molar-refractivity contribution in [2.75, 3.05) is 0 Å². The smallest absolute Gasteiger partial charge is 0.307 e. The molecule has 1 aliphatic rings.